The fourth-order valence-corrected chi connectivity index (χ4v) is 2.29. The van der Waals surface area contributed by atoms with Crippen molar-refractivity contribution < 1.29 is 28.4 Å². The van der Waals surface area contributed by atoms with Crippen molar-refractivity contribution in [1.29, 1.82) is 0 Å². The topological polar surface area (TPSA) is 55.4 Å². The number of benzene rings is 1. The fraction of sp³-hybridized carbons (Fsp3) is 0.579. The molecular weight excluding hydrogens is 324 g/mol. The minimum atomic E-state index is 0.467. The van der Waals surface area contributed by atoms with Crippen LogP contribution in [-0.4, -0.2) is 59.5 Å². The van der Waals surface area contributed by atoms with Gasteiger partial charge in [0.1, 0.15) is 12.4 Å². The van der Waals surface area contributed by atoms with E-state index in [-0.39, 0.29) is 0 Å². The molecule has 25 heavy (non-hydrogen) atoms. The van der Waals surface area contributed by atoms with E-state index in [1.807, 2.05) is 12.1 Å². The van der Waals surface area contributed by atoms with Gasteiger partial charge in [-0.25, -0.2) is 0 Å². The molecule has 2 rings (SSSR count). The molecule has 1 aliphatic rings. The zero-order chi connectivity index (χ0) is 17.6. The highest BCUT2D eigenvalue weighted by Gasteiger charge is 2.04. The van der Waals surface area contributed by atoms with Gasteiger partial charge in [-0.05, 0) is 23.3 Å². The summed E-state index contributed by atoms with van der Waals surface area (Å²) < 4.78 is 33.3. The monoisotopic (exact) mass is 352 g/mol. The van der Waals surface area contributed by atoms with E-state index >= 15 is 0 Å². The molecular formula is C19H28O6. The molecule has 0 fully saturated rings. The Morgan fingerprint density at radius 3 is 1.60 bits per heavy atom. The van der Waals surface area contributed by atoms with E-state index in [2.05, 4.69) is 12.6 Å². The van der Waals surface area contributed by atoms with Gasteiger partial charge in [-0.1, -0.05) is 18.7 Å². The first kappa shape index (κ1) is 19.9. The summed E-state index contributed by atoms with van der Waals surface area (Å²) in [7, 11) is 0. The summed E-state index contributed by atoms with van der Waals surface area (Å²) in [5.41, 5.74) is 2.08. The number of ether oxygens (including phenoxy) is 6. The van der Waals surface area contributed by atoms with Gasteiger partial charge in [0, 0.05) is 0 Å². The van der Waals surface area contributed by atoms with Crippen LogP contribution < -0.4 is 4.74 Å². The van der Waals surface area contributed by atoms with Gasteiger partial charge in [0.15, 0.2) is 0 Å². The van der Waals surface area contributed by atoms with Gasteiger partial charge in [-0.15, -0.1) is 0 Å². The zero-order valence-corrected chi connectivity index (χ0v) is 14.7. The quantitative estimate of drug-likeness (QED) is 0.779. The van der Waals surface area contributed by atoms with Gasteiger partial charge < -0.3 is 28.4 Å². The predicted octanol–water partition coefficient (Wildman–Crippen LogP) is 2.35. The Bertz CT molecular complexity index is 457. The van der Waals surface area contributed by atoms with Gasteiger partial charge in [-0.3, -0.25) is 0 Å². The molecule has 0 amide bonds. The van der Waals surface area contributed by atoms with E-state index < -0.39 is 0 Å². The molecule has 140 valence electrons. The zero-order valence-electron chi connectivity index (χ0n) is 14.7. The second kappa shape index (κ2) is 12.9. The lowest BCUT2D eigenvalue weighted by atomic mass is 10.1. The van der Waals surface area contributed by atoms with Gasteiger partial charge in [0.2, 0.25) is 0 Å². The van der Waals surface area contributed by atoms with Crippen LogP contribution in [0.3, 0.4) is 0 Å². The van der Waals surface area contributed by atoms with Gasteiger partial charge in [0.05, 0.1) is 66.1 Å². The lowest BCUT2D eigenvalue weighted by molar-refractivity contribution is -0.0144. The highest BCUT2D eigenvalue weighted by molar-refractivity contribution is 5.34. The van der Waals surface area contributed by atoms with Gasteiger partial charge >= 0.3 is 0 Å². The second-order valence-corrected chi connectivity index (χ2v) is 5.53. The maximum Gasteiger partial charge on any atom is 0.120 e. The van der Waals surface area contributed by atoms with Gasteiger partial charge in [0.25, 0.3) is 0 Å². The molecule has 0 aliphatic carbocycles. The third-order valence-corrected chi connectivity index (χ3v) is 3.42. The molecule has 0 saturated heterocycles. The normalized spacial score (nSPS) is 18.7. The molecule has 1 aliphatic heterocycles. The van der Waals surface area contributed by atoms with Crippen LogP contribution in [0.15, 0.2) is 30.9 Å². The van der Waals surface area contributed by atoms with E-state index in [4.69, 9.17) is 28.4 Å². The summed E-state index contributed by atoms with van der Waals surface area (Å²) >= 11 is 0. The SMILES string of the molecule is C=CCOc1cc2cc(c1)COCCOCCOCCOCCOC2. The first-order valence-corrected chi connectivity index (χ1v) is 8.64. The van der Waals surface area contributed by atoms with Crippen molar-refractivity contribution >= 4 is 0 Å². The van der Waals surface area contributed by atoms with E-state index in [0.29, 0.717) is 72.7 Å². The van der Waals surface area contributed by atoms with Crippen molar-refractivity contribution in [3.05, 3.63) is 42.0 Å². The molecule has 2 bridgehead atoms. The van der Waals surface area contributed by atoms with Crippen LogP contribution in [-0.2, 0) is 36.9 Å². The van der Waals surface area contributed by atoms with Crippen LogP contribution in [0, 0.1) is 0 Å². The lowest BCUT2D eigenvalue weighted by Crippen LogP contribution is -2.13. The molecule has 1 aromatic carbocycles. The molecule has 0 unspecified atom stereocenters. The first-order chi connectivity index (χ1) is 12.4. The molecule has 0 N–H and O–H groups in total. The standard InChI is InChI=1S/C19H28O6/c1-2-3-25-19-13-17-12-18(14-19)16-24-11-9-22-7-5-20-4-6-21-8-10-23-15-17/h2,12-14H,1,3-11,15-16H2. The molecule has 6 nitrogen and oxygen atoms in total. The average Bonchev–Trinajstić information content (AvgIpc) is 2.62. The van der Waals surface area contributed by atoms with Crippen molar-refractivity contribution in [3.63, 3.8) is 0 Å². The van der Waals surface area contributed by atoms with Crippen LogP contribution in [0.25, 0.3) is 0 Å². The van der Waals surface area contributed by atoms with Crippen molar-refractivity contribution in [2.24, 2.45) is 0 Å². The molecule has 1 aromatic rings. The van der Waals surface area contributed by atoms with Crippen LogP contribution in [0.5, 0.6) is 5.75 Å². The summed E-state index contributed by atoms with van der Waals surface area (Å²) in [4.78, 5) is 0. The average molecular weight is 352 g/mol. The van der Waals surface area contributed by atoms with E-state index in [1.165, 1.54) is 0 Å². The number of hydrogen-bond donors (Lipinski definition) is 0. The van der Waals surface area contributed by atoms with E-state index in [0.717, 1.165) is 16.9 Å². The smallest absolute Gasteiger partial charge is 0.120 e. The summed E-state index contributed by atoms with van der Waals surface area (Å²) in [6.07, 6.45) is 1.72. The molecule has 0 saturated carbocycles. The van der Waals surface area contributed by atoms with Crippen LogP contribution >= 0.6 is 0 Å². The third kappa shape index (κ3) is 9.00. The molecule has 6 heteroatoms. The fourth-order valence-electron chi connectivity index (χ4n) is 2.29. The molecule has 0 spiro atoms. The van der Waals surface area contributed by atoms with Crippen molar-refractivity contribution in [2.45, 2.75) is 13.2 Å². The van der Waals surface area contributed by atoms with Crippen LogP contribution in [0.2, 0.25) is 0 Å². The Morgan fingerprint density at radius 2 is 1.16 bits per heavy atom. The molecule has 0 atom stereocenters. The summed E-state index contributed by atoms with van der Waals surface area (Å²) in [5.74, 6) is 0.790. The highest BCUT2D eigenvalue weighted by Crippen LogP contribution is 2.19. The highest BCUT2D eigenvalue weighted by atomic mass is 16.6. The third-order valence-electron chi connectivity index (χ3n) is 3.42. The number of fused-ring (bicyclic) bond motifs is 2. The number of rotatable bonds is 3. The first-order valence-electron chi connectivity index (χ1n) is 8.64. The van der Waals surface area contributed by atoms with Crippen LogP contribution in [0.4, 0.5) is 0 Å². The van der Waals surface area contributed by atoms with Crippen LogP contribution in [0.1, 0.15) is 11.1 Å². The summed E-state index contributed by atoms with van der Waals surface area (Å²) in [6.45, 7) is 9.54. The van der Waals surface area contributed by atoms with Crippen molar-refractivity contribution in [2.75, 3.05) is 59.5 Å². The minimum Gasteiger partial charge on any atom is -0.490 e. The largest absolute Gasteiger partial charge is 0.490 e. The summed E-state index contributed by atoms with van der Waals surface area (Å²) in [6, 6.07) is 6.02. The number of hydrogen-bond acceptors (Lipinski definition) is 6. The molecule has 0 aromatic heterocycles. The Hall–Kier alpha value is -1.44. The van der Waals surface area contributed by atoms with E-state index in [9.17, 15) is 0 Å². The lowest BCUT2D eigenvalue weighted by Gasteiger charge is -2.12. The van der Waals surface area contributed by atoms with Gasteiger partial charge in [-0.2, -0.15) is 0 Å². The minimum absolute atomic E-state index is 0.467. The van der Waals surface area contributed by atoms with E-state index in [1.54, 1.807) is 6.08 Å². The Kier molecular flexibility index (Phi) is 10.2. The Balaban J connectivity index is 1.93. The maximum absolute atomic E-state index is 5.68. The second-order valence-electron chi connectivity index (χ2n) is 5.53. The van der Waals surface area contributed by atoms with Crippen molar-refractivity contribution in [1.82, 2.24) is 0 Å². The summed E-state index contributed by atoms with van der Waals surface area (Å²) in [5, 5.41) is 0. The van der Waals surface area contributed by atoms with Crippen molar-refractivity contribution in [3.8, 4) is 5.75 Å². The molecule has 0 radical (unpaired) electrons. The predicted molar refractivity (Wildman–Crippen MR) is 93.9 cm³/mol. The molecule has 1 heterocycles. The Labute approximate surface area is 149 Å². The Morgan fingerprint density at radius 1 is 0.720 bits per heavy atom. The maximum atomic E-state index is 5.68.